The molecule has 5 nitrogen and oxygen atoms in total. The topological polar surface area (TPSA) is 54.5 Å². The Balaban J connectivity index is 1.20. The molecule has 0 aliphatic carbocycles. The van der Waals surface area contributed by atoms with Crippen molar-refractivity contribution in [1.82, 2.24) is 15.2 Å². The number of amides is 1. The second-order valence-corrected chi connectivity index (χ2v) is 8.49. The van der Waals surface area contributed by atoms with Gasteiger partial charge in [0.15, 0.2) is 0 Å². The third-order valence-electron chi connectivity index (χ3n) is 6.75. The number of nitrogens with one attached hydrogen (secondary N) is 1. The van der Waals surface area contributed by atoms with Gasteiger partial charge in [-0.05, 0) is 30.5 Å². The third-order valence-corrected chi connectivity index (χ3v) is 6.75. The zero-order valence-corrected chi connectivity index (χ0v) is 16.5. The van der Waals surface area contributed by atoms with Crippen molar-refractivity contribution in [1.29, 1.82) is 0 Å². The summed E-state index contributed by atoms with van der Waals surface area (Å²) in [5.74, 6) is 0.851. The summed E-state index contributed by atoms with van der Waals surface area (Å²) in [5, 5.41) is 3.12. The van der Waals surface area contributed by atoms with Gasteiger partial charge in [-0.15, -0.1) is 0 Å². The number of rotatable bonds is 6. The molecule has 4 atom stereocenters. The molecule has 0 saturated carbocycles. The molecule has 1 spiro atoms. The van der Waals surface area contributed by atoms with Gasteiger partial charge in [-0.3, -0.25) is 14.7 Å². The Morgan fingerprint density at radius 1 is 1.28 bits per heavy atom. The smallest absolute Gasteiger partial charge is 0.252 e. The molecule has 5 rings (SSSR count). The van der Waals surface area contributed by atoms with Crippen molar-refractivity contribution < 1.29 is 9.53 Å². The lowest BCUT2D eigenvalue weighted by Gasteiger charge is -2.29. The highest BCUT2D eigenvalue weighted by Gasteiger charge is 2.62. The lowest BCUT2D eigenvalue weighted by Crippen LogP contribution is -2.41. The van der Waals surface area contributed by atoms with Crippen LogP contribution in [0.25, 0.3) is 6.08 Å². The number of carbonyl (C=O) groups excluding carboxylic acids is 1. The van der Waals surface area contributed by atoms with Gasteiger partial charge in [0.05, 0.1) is 17.3 Å². The van der Waals surface area contributed by atoms with Crippen LogP contribution in [0, 0.1) is 11.8 Å². The molecule has 3 aliphatic rings. The van der Waals surface area contributed by atoms with Crippen LogP contribution in [0.4, 0.5) is 0 Å². The van der Waals surface area contributed by atoms with Crippen molar-refractivity contribution in [3.05, 3.63) is 72.1 Å². The van der Waals surface area contributed by atoms with Crippen molar-refractivity contribution in [3.8, 4) is 0 Å². The standard InChI is InChI=1S/C24H27N3O2/c28-23(19-9-4-12-25-14-19)26-15-20-21-16-27(17-24(21)11-10-22(20)29-24)13-5-8-18-6-2-1-3-7-18/h1-9,12,14,20-22H,10-11,13,15-17H2,(H,26,28)/t20-,21+,22+,24+/m0/s1. The minimum absolute atomic E-state index is 0.00501. The average molecular weight is 389 g/mol. The summed E-state index contributed by atoms with van der Waals surface area (Å²) in [6, 6.07) is 14.0. The van der Waals surface area contributed by atoms with E-state index in [-0.39, 0.29) is 17.6 Å². The van der Waals surface area contributed by atoms with Crippen molar-refractivity contribution in [3.63, 3.8) is 0 Å². The molecule has 150 valence electrons. The van der Waals surface area contributed by atoms with Crippen LogP contribution in [0.2, 0.25) is 0 Å². The molecule has 29 heavy (non-hydrogen) atoms. The number of hydrogen-bond acceptors (Lipinski definition) is 4. The number of nitrogens with zero attached hydrogens (tertiary/aromatic N) is 2. The minimum atomic E-state index is -0.0458. The molecule has 0 unspecified atom stereocenters. The van der Waals surface area contributed by atoms with E-state index in [1.807, 2.05) is 6.07 Å². The van der Waals surface area contributed by atoms with Crippen LogP contribution in [-0.4, -0.2) is 53.7 Å². The van der Waals surface area contributed by atoms with Crippen molar-refractivity contribution >= 4 is 12.0 Å². The summed E-state index contributed by atoms with van der Waals surface area (Å²) in [5.41, 5.74) is 1.85. The molecular formula is C24H27N3O2. The molecule has 1 aromatic heterocycles. The van der Waals surface area contributed by atoms with Gasteiger partial charge in [0, 0.05) is 50.4 Å². The van der Waals surface area contributed by atoms with E-state index in [4.69, 9.17) is 4.74 Å². The van der Waals surface area contributed by atoms with E-state index in [1.165, 1.54) is 5.56 Å². The van der Waals surface area contributed by atoms with Crippen LogP contribution >= 0.6 is 0 Å². The van der Waals surface area contributed by atoms with Crippen LogP contribution in [0.5, 0.6) is 0 Å². The van der Waals surface area contributed by atoms with E-state index in [9.17, 15) is 4.79 Å². The highest BCUT2D eigenvalue weighted by atomic mass is 16.5. The molecule has 1 amide bonds. The molecule has 3 fully saturated rings. The summed E-state index contributed by atoms with van der Waals surface area (Å²) in [7, 11) is 0. The van der Waals surface area contributed by atoms with Crippen LogP contribution in [-0.2, 0) is 4.74 Å². The van der Waals surface area contributed by atoms with Crippen LogP contribution in [0.1, 0.15) is 28.8 Å². The van der Waals surface area contributed by atoms with E-state index in [0.717, 1.165) is 32.5 Å². The van der Waals surface area contributed by atoms with Gasteiger partial charge in [0.2, 0.25) is 0 Å². The normalized spacial score (nSPS) is 30.7. The molecular weight excluding hydrogens is 362 g/mol. The predicted octanol–water partition coefficient (Wildman–Crippen LogP) is 3.00. The number of pyridine rings is 1. The monoisotopic (exact) mass is 389 g/mol. The Morgan fingerprint density at radius 3 is 3.00 bits per heavy atom. The number of hydrogen-bond donors (Lipinski definition) is 1. The lowest BCUT2D eigenvalue weighted by molar-refractivity contribution is 0.00366. The number of aromatic nitrogens is 1. The fourth-order valence-corrected chi connectivity index (χ4v) is 5.41. The first-order valence-electron chi connectivity index (χ1n) is 10.5. The van der Waals surface area contributed by atoms with Crippen LogP contribution in [0.15, 0.2) is 60.9 Å². The van der Waals surface area contributed by atoms with E-state index in [1.54, 1.807) is 24.5 Å². The van der Waals surface area contributed by atoms with Gasteiger partial charge in [-0.1, -0.05) is 42.5 Å². The Labute approximate surface area is 171 Å². The summed E-state index contributed by atoms with van der Waals surface area (Å²) in [4.78, 5) is 19.0. The number of likely N-dealkylation sites (tertiary alicyclic amines) is 1. The quantitative estimate of drug-likeness (QED) is 0.825. The first kappa shape index (κ1) is 18.5. The second-order valence-electron chi connectivity index (χ2n) is 8.49. The van der Waals surface area contributed by atoms with Gasteiger partial charge in [-0.2, -0.15) is 0 Å². The van der Waals surface area contributed by atoms with Gasteiger partial charge >= 0.3 is 0 Å². The largest absolute Gasteiger partial charge is 0.370 e. The predicted molar refractivity (Wildman–Crippen MR) is 112 cm³/mol. The third kappa shape index (κ3) is 3.61. The molecule has 3 saturated heterocycles. The van der Waals surface area contributed by atoms with Gasteiger partial charge in [-0.25, -0.2) is 0 Å². The lowest BCUT2D eigenvalue weighted by atomic mass is 9.73. The maximum Gasteiger partial charge on any atom is 0.252 e. The zero-order chi connectivity index (χ0) is 19.7. The van der Waals surface area contributed by atoms with E-state index >= 15 is 0 Å². The van der Waals surface area contributed by atoms with Crippen molar-refractivity contribution in [2.75, 3.05) is 26.2 Å². The van der Waals surface area contributed by atoms with Crippen LogP contribution in [0.3, 0.4) is 0 Å². The average Bonchev–Trinajstić information content (AvgIpc) is 3.42. The minimum Gasteiger partial charge on any atom is -0.370 e. The molecule has 2 aromatic rings. The van der Waals surface area contributed by atoms with E-state index in [2.05, 4.69) is 51.6 Å². The Hall–Kier alpha value is -2.50. The number of ether oxygens (including phenoxy) is 1. The summed E-state index contributed by atoms with van der Waals surface area (Å²) < 4.78 is 6.50. The van der Waals surface area contributed by atoms with Gasteiger partial charge < -0.3 is 10.1 Å². The summed E-state index contributed by atoms with van der Waals surface area (Å²) in [6.07, 6.45) is 10.3. The highest BCUT2D eigenvalue weighted by Crippen LogP contribution is 2.54. The zero-order valence-electron chi connectivity index (χ0n) is 16.5. The Kier molecular flexibility index (Phi) is 4.94. The summed E-state index contributed by atoms with van der Waals surface area (Å²) >= 11 is 0. The molecule has 0 radical (unpaired) electrons. The fourth-order valence-electron chi connectivity index (χ4n) is 5.41. The molecule has 5 heteroatoms. The molecule has 4 heterocycles. The maximum absolute atomic E-state index is 12.4. The number of carbonyl (C=O) groups is 1. The molecule has 1 N–H and O–H groups in total. The Bertz CT molecular complexity index is 886. The van der Waals surface area contributed by atoms with Gasteiger partial charge in [0.1, 0.15) is 0 Å². The molecule has 2 bridgehead atoms. The van der Waals surface area contributed by atoms with Crippen molar-refractivity contribution in [2.45, 2.75) is 24.5 Å². The van der Waals surface area contributed by atoms with Crippen LogP contribution < -0.4 is 5.32 Å². The molecule has 1 aromatic carbocycles. The fraction of sp³-hybridized carbons (Fsp3) is 0.417. The first-order chi connectivity index (χ1) is 14.2. The maximum atomic E-state index is 12.4. The van der Waals surface area contributed by atoms with Crippen molar-refractivity contribution in [2.24, 2.45) is 11.8 Å². The van der Waals surface area contributed by atoms with E-state index < -0.39 is 0 Å². The first-order valence-corrected chi connectivity index (χ1v) is 10.5. The van der Waals surface area contributed by atoms with E-state index in [0.29, 0.717) is 23.9 Å². The van der Waals surface area contributed by atoms with Gasteiger partial charge in [0.25, 0.3) is 5.91 Å². The Morgan fingerprint density at radius 2 is 2.17 bits per heavy atom. The highest BCUT2D eigenvalue weighted by molar-refractivity contribution is 5.93. The molecule has 3 aliphatic heterocycles. The number of benzene rings is 1. The SMILES string of the molecule is O=C(NC[C@H]1[C@H]2CN(CC=Cc3ccccc3)C[C@]23CC[C@H]1O3)c1cccnc1. The number of fused-ring (bicyclic) bond motifs is 1. The summed E-state index contributed by atoms with van der Waals surface area (Å²) in [6.45, 7) is 3.66. The second kappa shape index (κ2) is 7.73.